The average molecular weight is 332 g/mol. The molecule has 0 saturated carbocycles. The molecule has 6 heteroatoms. The summed E-state index contributed by atoms with van der Waals surface area (Å²) in [5, 5.41) is 4.68. The highest BCUT2D eigenvalue weighted by atomic mass is 35.5. The van der Waals surface area contributed by atoms with Crippen LogP contribution in [0.2, 0.25) is 15.1 Å². The quantitative estimate of drug-likeness (QED) is 0.775. The number of para-hydroxylation sites is 1. The largest absolute Gasteiger partial charge is 0.389 e. The highest BCUT2D eigenvalue weighted by molar-refractivity contribution is 7.80. The van der Waals surface area contributed by atoms with Gasteiger partial charge in [0, 0.05) is 10.6 Å². The molecule has 0 spiro atoms. The van der Waals surface area contributed by atoms with Crippen LogP contribution < -0.4 is 11.1 Å². The minimum atomic E-state index is 0.266. The number of rotatable bonds is 3. The van der Waals surface area contributed by atoms with Crippen molar-refractivity contribution < 1.29 is 0 Å². The Morgan fingerprint density at radius 1 is 1.05 bits per heavy atom. The van der Waals surface area contributed by atoms with Crippen LogP contribution in [0, 0.1) is 0 Å². The zero-order chi connectivity index (χ0) is 14.0. The van der Waals surface area contributed by atoms with Crippen LogP contribution in [0.5, 0.6) is 0 Å². The van der Waals surface area contributed by atoms with Gasteiger partial charge in [0.25, 0.3) is 0 Å². The van der Waals surface area contributed by atoms with Gasteiger partial charge in [-0.3, -0.25) is 0 Å². The third-order valence-electron chi connectivity index (χ3n) is 2.47. The van der Waals surface area contributed by atoms with Crippen LogP contribution in [0.3, 0.4) is 0 Å². The molecule has 2 aromatic carbocycles. The maximum Gasteiger partial charge on any atom is 0.106 e. The summed E-state index contributed by atoms with van der Waals surface area (Å²) in [4.78, 5) is 0.266. The van der Waals surface area contributed by atoms with Gasteiger partial charge in [-0.05, 0) is 30.3 Å². The highest BCUT2D eigenvalue weighted by Gasteiger charge is 2.10. The molecule has 0 aromatic heterocycles. The lowest BCUT2D eigenvalue weighted by Crippen LogP contribution is -2.12. The van der Waals surface area contributed by atoms with E-state index in [-0.39, 0.29) is 4.99 Å². The van der Waals surface area contributed by atoms with E-state index in [1.807, 2.05) is 0 Å². The molecule has 0 bridgehead atoms. The first kappa shape index (κ1) is 14.4. The van der Waals surface area contributed by atoms with Crippen molar-refractivity contribution >= 4 is 63.4 Å². The van der Waals surface area contributed by atoms with Gasteiger partial charge in [-0.1, -0.05) is 53.1 Å². The smallest absolute Gasteiger partial charge is 0.106 e. The van der Waals surface area contributed by atoms with E-state index in [1.54, 1.807) is 36.4 Å². The van der Waals surface area contributed by atoms with E-state index >= 15 is 0 Å². The Labute approximate surface area is 131 Å². The lowest BCUT2D eigenvalue weighted by atomic mass is 10.1. The van der Waals surface area contributed by atoms with Crippen molar-refractivity contribution in [3.8, 4) is 0 Å². The fraction of sp³-hybridized carbons (Fsp3) is 0. The molecule has 0 aliphatic rings. The molecule has 98 valence electrons. The summed E-state index contributed by atoms with van der Waals surface area (Å²) in [6.07, 6.45) is 0. The molecule has 0 amide bonds. The molecule has 0 atom stereocenters. The fourth-order valence-electron chi connectivity index (χ4n) is 1.59. The molecule has 2 rings (SSSR count). The van der Waals surface area contributed by atoms with E-state index in [9.17, 15) is 0 Å². The van der Waals surface area contributed by atoms with Gasteiger partial charge in [0.2, 0.25) is 0 Å². The lowest BCUT2D eigenvalue weighted by molar-refractivity contribution is 1.52. The summed E-state index contributed by atoms with van der Waals surface area (Å²) >= 11 is 23.2. The van der Waals surface area contributed by atoms with Crippen molar-refractivity contribution in [3.05, 3.63) is 57.0 Å². The maximum atomic E-state index is 6.11. The second-order valence-corrected chi connectivity index (χ2v) is 5.47. The van der Waals surface area contributed by atoms with Gasteiger partial charge in [0.05, 0.1) is 21.4 Å². The average Bonchev–Trinajstić information content (AvgIpc) is 2.33. The molecule has 0 radical (unpaired) electrons. The molecule has 0 saturated heterocycles. The number of nitrogens with two attached hydrogens (primary N) is 1. The van der Waals surface area contributed by atoms with Crippen LogP contribution >= 0.6 is 47.0 Å². The van der Waals surface area contributed by atoms with Gasteiger partial charge < -0.3 is 11.1 Å². The Morgan fingerprint density at radius 2 is 1.68 bits per heavy atom. The summed E-state index contributed by atoms with van der Waals surface area (Å²) in [5.74, 6) is 0. The van der Waals surface area contributed by atoms with Crippen LogP contribution in [-0.2, 0) is 0 Å². The van der Waals surface area contributed by atoms with Gasteiger partial charge in [-0.25, -0.2) is 0 Å². The number of anilines is 2. The van der Waals surface area contributed by atoms with Gasteiger partial charge in [0.1, 0.15) is 4.99 Å². The second kappa shape index (κ2) is 5.97. The van der Waals surface area contributed by atoms with Crippen molar-refractivity contribution in [1.82, 2.24) is 0 Å². The van der Waals surface area contributed by atoms with Gasteiger partial charge in [-0.15, -0.1) is 0 Å². The van der Waals surface area contributed by atoms with Crippen LogP contribution in [-0.4, -0.2) is 4.99 Å². The number of nitrogens with one attached hydrogen (secondary N) is 1. The number of thiocarbonyl (C=S) groups is 1. The highest BCUT2D eigenvalue weighted by Crippen LogP contribution is 2.34. The van der Waals surface area contributed by atoms with Crippen LogP contribution in [0.4, 0.5) is 11.4 Å². The Hall–Kier alpha value is -1.00. The summed E-state index contributed by atoms with van der Waals surface area (Å²) < 4.78 is 0. The van der Waals surface area contributed by atoms with Crippen molar-refractivity contribution in [1.29, 1.82) is 0 Å². The Bertz CT molecular complexity index is 624. The summed E-state index contributed by atoms with van der Waals surface area (Å²) in [6.45, 7) is 0. The molecule has 2 nitrogen and oxygen atoms in total. The van der Waals surface area contributed by atoms with Crippen LogP contribution in [0.1, 0.15) is 5.56 Å². The van der Waals surface area contributed by atoms with E-state index in [0.29, 0.717) is 32.0 Å². The van der Waals surface area contributed by atoms with E-state index in [4.69, 9.17) is 52.8 Å². The molecule has 0 aliphatic carbocycles. The molecule has 2 aromatic rings. The van der Waals surface area contributed by atoms with E-state index in [1.165, 1.54) is 0 Å². The lowest BCUT2D eigenvalue weighted by Gasteiger charge is -2.14. The zero-order valence-electron chi connectivity index (χ0n) is 9.58. The second-order valence-electron chi connectivity index (χ2n) is 3.78. The molecule has 0 heterocycles. The maximum absolute atomic E-state index is 6.11. The number of hydrogen-bond acceptors (Lipinski definition) is 2. The zero-order valence-corrected chi connectivity index (χ0v) is 12.7. The minimum absolute atomic E-state index is 0.266. The molecule has 0 aliphatic heterocycles. The van der Waals surface area contributed by atoms with Gasteiger partial charge in [-0.2, -0.15) is 0 Å². The van der Waals surface area contributed by atoms with E-state index in [2.05, 4.69) is 5.32 Å². The Kier molecular flexibility index (Phi) is 4.53. The first-order chi connectivity index (χ1) is 8.99. The topological polar surface area (TPSA) is 38.0 Å². The standard InChI is InChI=1S/C13H9Cl3N2S/c14-7-4-5-8(13(17)19)11(6-7)18-12-9(15)2-1-3-10(12)16/h1-6,18H,(H2,17,19). The predicted molar refractivity (Wildman–Crippen MR) is 87.1 cm³/mol. The monoisotopic (exact) mass is 330 g/mol. The third-order valence-corrected chi connectivity index (χ3v) is 3.55. The summed E-state index contributed by atoms with van der Waals surface area (Å²) in [5.41, 5.74) is 7.60. The number of benzene rings is 2. The Morgan fingerprint density at radius 3 is 2.26 bits per heavy atom. The van der Waals surface area contributed by atoms with E-state index < -0.39 is 0 Å². The van der Waals surface area contributed by atoms with Gasteiger partial charge >= 0.3 is 0 Å². The molecule has 0 unspecified atom stereocenters. The number of halogens is 3. The van der Waals surface area contributed by atoms with E-state index in [0.717, 1.165) is 0 Å². The number of hydrogen-bond donors (Lipinski definition) is 2. The van der Waals surface area contributed by atoms with Crippen molar-refractivity contribution in [2.24, 2.45) is 5.73 Å². The first-order valence-corrected chi connectivity index (χ1v) is 6.83. The van der Waals surface area contributed by atoms with Crippen molar-refractivity contribution in [3.63, 3.8) is 0 Å². The van der Waals surface area contributed by atoms with Crippen molar-refractivity contribution in [2.45, 2.75) is 0 Å². The summed E-state index contributed by atoms with van der Waals surface area (Å²) in [6, 6.07) is 10.4. The van der Waals surface area contributed by atoms with Crippen LogP contribution in [0.15, 0.2) is 36.4 Å². The molecule has 19 heavy (non-hydrogen) atoms. The molecular formula is C13H9Cl3N2S. The molecule has 0 fully saturated rings. The fourth-order valence-corrected chi connectivity index (χ4v) is 2.43. The first-order valence-electron chi connectivity index (χ1n) is 5.29. The van der Waals surface area contributed by atoms with Gasteiger partial charge in [0.15, 0.2) is 0 Å². The SMILES string of the molecule is NC(=S)c1ccc(Cl)cc1Nc1c(Cl)cccc1Cl. The predicted octanol–water partition coefficient (Wildman–Crippen LogP) is 5.02. The molecule has 3 N–H and O–H groups in total. The molecular weight excluding hydrogens is 323 g/mol. The van der Waals surface area contributed by atoms with Crippen LogP contribution in [0.25, 0.3) is 0 Å². The summed E-state index contributed by atoms with van der Waals surface area (Å²) in [7, 11) is 0. The third kappa shape index (κ3) is 3.31. The minimum Gasteiger partial charge on any atom is -0.389 e. The normalized spacial score (nSPS) is 10.3. The Balaban J connectivity index is 2.49. The van der Waals surface area contributed by atoms with Crippen molar-refractivity contribution in [2.75, 3.05) is 5.32 Å².